The molecule has 0 saturated heterocycles. The molecule has 1 N–H and O–H groups in total. The fraction of sp³-hybridized carbons (Fsp3) is 0.296. The monoisotopic (exact) mass is 432 g/mol. The molecule has 4 rings (SSSR count). The summed E-state index contributed by atoms with van der Waals surface area (Å²) in [5.74, 6) is 0.0500. The molecule has 3 aromatic rings. The van der Waals surface area contributed by atoms with Crippen LogP contribution in [0.2, 0.25) is 5.02 Å². The minimum Gasteiger partial charge on any atom is -0.352 e. The van der Waals surface area contributed by atoms with E-state index in [1.165, 1.54) is 19.3 Å². The molecule has 0 heterocycles. The maximum absolute atomic E-state index is 13.7. The second-order valence-corrected chi connectivity index (χ2v) is 8.68. The topological polar surface area (TPSA) is 32.3 Å². The van der Waals surface area contributed by atoms with Crippen molar-refractivity contribution in [1.82, 2.24) is 5.32 Å². The predicted molar refractivity (Wildman–Crippen MR) is 128 cm³/mol. The Morgan fingerprint density at radius 2 is 1.48 bits per heavy atom. The first-order valence-corrected chi connectivity index (χ1v) is 11.5. The maximum Gasteiger partial charge on any atom is 0.247 e. The van der Waals surface area contributed by atoms with E-state index < -0.39 is 6.04 Å². The fourth-order valence-electron chi connectivity index (χ4n) is 4.38. The van der Waals surface area contributed by atoms with E-state index in [1.807, 2.05) is 60.7 Å². The van der Waals surface area contributed by atoms with Crippen LogP contribution in [0.1, 0.15) is 49.3 Å². The van der Waals surface area contributed by atoms with E-state index in [1.54, 1.807) is 0 Å². The summed E-state index contributed by atoms with van der Waals surface area (Å²) in [6.07, 6.45) is 5.75. The number of hydrogen-bond acceptors (Lipinski definition) is 2. The van der Waals surface area contributed by atoms with Gasteiger partial charge in [-0.3, -0.25) is 4.79 Å². The highest BCUT2D eigenvalue weighted by Gasteiger charge is 2.30. The van der Waals surface area contributed by atoms with Crippen molar-refractivity contribution in [1.29, 1.82) is 0 Å². The average Bonchev–Trinajstić information content (AvgIpc) is 2.82. The zero-order valence-corrected chi connectivity index (χ0v) is 18.5. The van der Waals surface area contributed by atoms with Crippen LogP contribution in [0.15, 0.2) is 84.9 Å². The molecule has 0 aromatic heterocycles. The second-order valence-electron chi connectivity index (χ2n) is 8.25. The molecule has 1 fully saturated rings. The van der Waals surface area contributed by atoms with Crippen LogP contribution in [0, 0.1) is 0 Å². The van der Waals surface area contributed by atoms with Crippen LogP contribution in [0.25, 0.3) is 0 Å². The van der Waals surface area contributed by atoms with Crippen LogP contribution >= 0.6 is 11.6 Å². The zero-order chi connectivity index (χ0) is 21.5. The largest absolute Gasteiger partial charge is 0.352 e. The molecule has 160 valence electrons. The van der Waals surface area contributed by atoms with Crippen LogP contribution in [0.5, 0.6) is 0 Å². The van der Waals surface area contributed by atoms with Gasteiger partial charge in [-0.2, -0.15) is 0 Å². The Hall–Kier alpha value is -2.78. The first-order valence-electron chi connectivity index (χ1n) is 11.1. The molecule has 0 spiro atoms. The summed E-state index contributed by atoms with van der Waals surface area (Å²) >= 11 is 6.16. The van der Waals surface area contributed by atoms with E-state index in [2.05, 4.69) is 34.5 Å². The summed E-state index contributed by atoms with van der Waals surface area (Å²) < 4.78 is 0. The summed E-state index contributed by atoms with van der Waals surface area (Å²) in [4.78, 5) is 15.9. The molecular formula is C27H29ClN2O. The lowest BCUT2D eigenvalue weighted by atomic mass is 9.94. The van der Waals surface area contributed by atoms with Gasteiger partial charge in [0.05, 0.1) is 0 Å². The SMILES string of the molecule is O=C(NC1CCCCC1)[C@@H](c1ccc(Cl)cc1)N(Cc1ccccc1)c1ccccc1. The van der Waals surface area contributed by atoms with Crippen LogP contribution in [-0.2, 0) is 11.3 Å². The van der Waals surface area contributed by atoms with Crippen LogP contribution in [-0.4, -0.2) is 11.9 Å². The third-order valence-electron chi connectivity index (χ3n) is 5.98. The molecule has 0 bridgehead atoms. The quantitative estimate of drug-likeness (QED) is 0.459. The number of nitrogens with one attached hydrogen (secondary N) is 1. The van der Waals surface area contributed by atoms with Gasteiger partial charge in [-0.05, 0) is 48.2 Å². The second kappa shape index (κ2) is 10.5. The minimum absolute atomic E-state index is 0.0500. The number of hydrogen-bond donors (Lipinski definition) is 1. The van der Waals surface area contributed by atoms with Gasteiger partial charge in [0.15, 0.2) is 0 Å². The van der Waals surface area contributed by atoms with Gasteiger partial charge in [0.1, 0.15) is 6.04 Å². The molecular weight excluding hydrogens is 404 g/mol. The molecule has 1 aliphatic carbocycles. The molecule has 3 aromatic carbocycles. The average molecular weight is 433 g/mol. The fourth-order valence-corrected chi connectivity index (χ4v) is 4.50. The highest BCUT2D eigenvalue weighted by atomic mass is 35.5. The Balaban J connectivity index is 1.71. The highest BCUT2D eigenvalue weighted by Crippen LogP contribution is 2.31. The Labute approximate surface area is 190 Å². The maximum atomic E-state index is 13.7. The van der Waals surface area contributed by atoms with Crippen molar-refractivity contribution < 1.29 is 4.79 Å². The smallest absolute Gasteiger partial charge is 0.247 e. The number of para-hydroxylation sites is 1. The summed E-state index contributed by atoms with van der Waals surface area (Å²) in [5.41, 5.74) is 3.12. The van der Waals surface area contributed by atoms with Crippen molar-refractivity contribution in [3.8, 4) is 0 Å². The number of nitrogens with zero attached hydrogens (tertiary/aromatic N) is 1. The lowest BCUT2D eigenvalue weighted by Crippen LogP contribution is -2.45. The van der Waals surface area contributed by atoms with Gasteiger partial charge in [0.25, 0.3) is 0 Å². The summed E-state index contributed by atoms with van der Waals surface area (Å²) in [5, 5.41) is 4.03. The van der Waals surface area contributed by atoms with E-state index in [0.717, 1.165) is 29.7 Å². The Morgan fingerprint density at radius 1 is 0.871 bits per heavy atom. The molecule has 1 saturated carbocycles. The third kappa shape index (κ3) is 5.68. The van der Waals surface area contributed by atoms with Crippen molar-refractivity contribution in [2.24, 2.45) is 0 Å². The van der Waals surface area contributed by atoms with Gasteiger partial charge in [-0.25, -0.2) is 0 Å². The van der Waals surface area contributed by atoms with Gasteiger partial charge >= 0.3 is 0 Å². The molecule has 31 heavy (non-hydrogen) atoms. The van der Waals surface area contributed by atoms with E-state index in [4.69, 9.17) is 11.6 Å². The lowest BCUT2D eigenvalue weighted by Gasteiger charge is -2.35. The van der Waals surface area contributed by atoms with Gasteiger partial charge < -0.3 is 10.2 Å². The third-order valence-corrected chi connectivity index (χ3v) is 6.23. The first-order chi connectivity index (χ1) is 15.2. The van der Waals surface area contributed by atoms with E-state index >= 15 is 0 Å². The number of rotatable bonds is 7. The van der Waals surface area contributed by atoms with Crippen molar-refractivity contribution in [2.45, 2.75) is 50.7 Å². The minimum atomic E-state index is -0.443. The van der Waals surface area contributed by atoms with Gasteiger partial charge in [-0.15, -0.1) is 0 Å². The standard InChI is InChI=1S/C27H29ClN2O/c28-23-18-16-22(17-19-23)26(27(31)29-24-12-6-2-7-13-24)30(25-14-8-3-9-15-25)20-21-10-4-1-5-11-21/h1,3-5,8-11,14-19,24,26H,2,6-7,12-13,20H2,(H,29,31)/t26-/m1/s1. The first kappa shape index (κ1) is 21.5. The van der Waals surface area contributed by atoms with Crippen molar-refractivity contribution in [3.05, 3.63) is 101 Å². The van der Waals surface area contributed by atoms with Crippen LogP contribution in [0.4, 0.5) is 5.69 Å². The van der Waals surface area contributed by atoms with Crippen LogP contribution < -0.4 is 10.2 Å². The molecule has 0 radical (unpaired) electrons. The van der Waals surface area contributed by atoms with Crippen molar-refractivity contribution in [3.63, 3.8) is 0 Å². The molecule has 0 unspecified atom stereocenters. The molecule has 4 heteroatoms. The van der Waals surface area contributed by atoms with Crippen molar-refractivity contribution in [2.75, 3.05) is 4.90 Å². The molecule has 1 aliphatic rings. The number of amides is 1. The number of benzene rings is 3. The number of carbonyl (C=O) groups excluding carboxylic acids is 1. The van der Waals surface area contributed by atoms with E-state index in [-0.39, 0.29) is 11.9 Å². The Morgan fingerprint density at radius 3 is 2.13 bits per heavy atom. The number of anilines is 1. The van der Waals surface area contributed by atoms with Gasteiger partial charge in [0, 0.05) is 23.3 Å². The summed E-state index contributed by atoms with van der Waals surface area (Å²) in [6, 6.07) is 28.0. The Bertz CT molecular complexity index is 954. The Kier molecular flexibility index (Phi) is 7.26. The predicted octanol–water partition coefficient (Wildman–Crippen LogP) is 6.54. The summed E-state index contributed by atoms with van der Waals surface area (Å²) in [7, 11) is 0. The molecule has 1 amide bonds. The number of halogens is 1. The summed E-state index contributed by atoms with van der Waals surface area (Å²) in [6.45, 7) is 0.635. The van der Waals surface area contributed by atoms with Crippen LogP contribution in [0.3, 0.4) is 0 Å². The van der Waals surface area contributed by atoms with Crippen molar-refractivity contribution >= 4 is 23.2 Å². The zero-order valence-electron chi connectivity index (χ0n) is 17.7. The normalized spacial score (nSPS) is 15.3. The highest BCUT2D eigenvalue weighted by molar-refractivity contribution is 6.30. The molecule has 3 nitrogen and oxygen atoms in total. The molecule has 0 aliphatic heterocycles. The number of carbonyl (C=O) groups is 1. The van der Waals surface area contributed by atoms with E-state index in [9.17, 15) is 4.79 Å². The lowest BCUT2D eigenvalue weighted by molar-refractivity contribution is -0.123. The molecule has 1 atom stereocenters. The van der Waals surface area contributed by atoms with Gasteiger partial charge in [0.2, 0.25) is 5.91 Å². The van der Waals surface area contributed by atoms with E-state index in [0.29, 0.717) is 11.6 Å². The van der Waals surface area contributed by atoms with Gasteiger partial charge in [-0.1, -0.05) is 91.5 Å².